The Kier molecular flexibility index (Phi) is 5.18. The quantitative estimate of drug-likeness (QED) is 0.789. The Morgan fingerprint density at radius 3 is 2.76 bits per heavy atom. The van der Waals surface area contributed by atoms with Crippen LogP contribution < -0.4 is 10.7 Å². The van der Waals surface area contributed by atoms with Gasteiger partial charge in [0.25, 0.3) is 5.91 Å². The zero-order valence-corrected chi connectivity index (χ0v) is 11.0. The molecule has 0 bridgehead atoms. The number of amides is 1. The number of carbonyl (C=O) groups excluding carboxylic acids is 1. The molecule has 6 heteroatoms. The van der Waals surface area contributed by atoms with E-state index in [1.165, 1.54) is 6.20 Å². The smallest absolute Gasteiger partial charge is 0.267 e. The van der Waals surface area contributed by atoms with Crippen LogP contribution in [0, 0.1) is 0 Å². The largest absolute Gasteiger partial charge is 0.369 e. The number of rotatable bonds is 5. The molecule has 0 radical (unpaired) electrons. The molecule has 17 heavy (non-hydrogen) atoms. The highest BCUT2D eigenvalue weighted by atomic mass is 35.5. The first-order chi connectivity index (χ1) is 8.04. The fourth-order valence-corrected chi connectivity index (χ4v) is 1.44. The number of carbonyl (C=O) groups is 1. The highest BCUT2D eigenvalue weighted by molar-refractivity contribution is 6.33. The number of nitrogens with zero attached hydrogens (tertiary/aromatic N) is 2. The molecule has 0 unspecified atom stereocenters. The number of nitrogens with one attached hydrogen (secondary N) is 2. The number of hydrogen-bond acceptors (Lipinski definition) is 4. The summed E-state index contributed by atoms with van der Waals surface area (Å²) in [5.74, 6) is 0.376. The number of halogens is 1. The molecule has 0 aromatic carbocycles. The van der Waals surface area contributed by atoms with Crippen molar-refractivity contribution < 1.29 is 4.79 Å². The fraction of sp³-hybridized carbons (Fsp3) is 0.455. The molecule has 5 nitrogen and oxygen atoms in total. The van der Waals surface area contributed by atoms with E-state index in [1.807, 2.05) is 0 Å². The first kappa shape index (κ1) is 13.7. The van der Waals surface area contributed by atoms with Gasteiger partial charge in [-0.25, -0.2) is 9.99 Å². The van der Waals surface area contributed by atoms with Crippen molar-refractivity contribution in [2.45, 2.75) is 13.3 Å². The molecule has 1 amide bonds. The zero-order valence-electron chi connectivity index (χ0n) is 10.2. The van der Waals surface area contributed by atoms with E-state index in [0.29, 0.717) is 16.4 Å². The minimum Gasteiger partial charge on any atom is -0.369 e. The average Bonchev–Trinajstić information content (AvgIpc) is 2.26. The molecule has 0 aliphatic carbocycles. The lowest BCUT2D eigenvalue weighted by atomic mass is 10.2. The normalized spacial score (nSPS) is 10.4. The van der Waals surface area contributed by atoms with Crippen molar-refractivity contribution in [2.75, 3.05) is 26.0 Å². The van der Waals surface area contributed by atoms with Gasteiger partial charge in [0.1, 0.15) is 5.82 Å². The lowest BCUT2D eigenvalue weighted by molar-refractivity contribution is 0.0856. The van der Waals surface area contributed by atoms with Crippen molar-refractivity contribution >= 4 is 23.3 Å². The zero-order chi connectivity index (χ0) is 12.8. The third-order valence-electron chi connectivity index (χ3n) is 1.97. The summed E-state index contributed by atoms with van der Waals surface area (Å²) in [4.78, 5) is 15.8. The molecule has 0 spiro atoms. The topological polar surface area (TPSA) is 57.3 Å². The molecule has 2 N–H and O–H groups in total. The molecular formula is C11H17ClN4O. The van der Waals surface area contributed by atoms with Crippen LogP contribution in [0.5, 0.6) is 0 Å². The second-order valence-corrected chi connectivity index (χ2v) is 4.22. The van der Waals surface area contributed by atoms with E-state index in [4.69, 9.17) is 11.6 Å². The Morgan fingerprint density at radius 1 is 1.53 bits per heavy atom. The first-order valence-electron chi connectivity index (χ1n) is 5.42. The third-order valence-corrected chi connectivity index (χ3v) is 2.26. The second-order valence-electron chi connectivity index (χ2n) is 3.82. The summed E-state index contributed by atoms with van der Waals surface area (Å²) in [6, 6.07) is 1.60. The summed E-state index contributed by atoms with van der Waals surface area (Å²) in [6.07, 6.45) is 2.49. The van der Waals surface area contributed by atoms with Gasteiger partial charge in [0.05, 0.1) is 10.6 Å². The van der Waals surface area contributed by atoms with Gasteiger partial charge in [-0.2, -0.15) is 0 Å². The van der Waals surface area contributed by atoms with Crippen LogP contribution >= 0.6 is 11.6 Å². The molecule has 1 heterocycles. The van der Waals surface area contributed by atoms with Crippen molar-refractivity contribution in [3.8, 4) is 0 Å². The molecule has 0 aliphatic heterocycles. The molecule has 1 aromatic heterocycles. The molecule has 0 aliphatic rings. The number of hydrogen-bond donors (Lipinski definition) is 2. The summed E-state index contributed by atoms with van der Waals surface area (Å²) in [5, 5.41) is 5.10. The van der Waals surface area contributed by atoms with E-state index in [1.54, 1.807) is 25.2 Å². The average molecular weight is 257 g/mol. The summed E-state index contributed by atoms with van der Waals surface area (Å²) in [7, 11) is 3.48. The van der Waals surface area contributed by atoms with Gasteiger partial charge < -0.3 is 5.32 Å². The van der Waals surface area contributed by atoms with Crippen molar-refractivity contribution in [1.82, 2.24) is 15.4 Å². The van der Waals surface area contributed by atoms with Crippen LogP contribution in [-0.4, -0.2) is 36.5 Å². The number of anilines is 1. The highest BCUT2D eigenvalue weighted by Crippen LogP contribution is 2.19. The third kappa shape index (κ3) is 4.20. The maximum absolute atomic E-state index is 11.7. The SMILES string of the molecule is CCCNc1ncc(C(=O)NN(C)C)cc1Cl. The van der Waals surface area contributed by atoms with Crippen LogP contribution in [0.15, 0.2) is 12.3 Å². The van der Waals surface area contributed by atoms with Crippen LogP contribution in [-0.2, 0) is 0 Å². The van der Waals surface area contributed by atoms with E-state index in [9.17, 15) is 4.79 Å². The molecule has 1 rings (SSSR count). The summed E-state index contributed by atoms with van der Waals surface area (Å²) in [5.41, 5.74) is 3.06. The number of hydrazine groups is 1. The Labute approximate surface area is 106 Å². The van der Waals surface area contributed by atoms with E-state index < -0.39 is 0 Å². The molecule has 0 saturated heterocycles. The van der Waals surface area contributed by atoms with E-state index in [2.05, 4.69) is 22.7 Å². The van der Waals surface area contributed by atoms with Crippen LogP contribution in [0.25, 0.3) is 0 Å². The molecule has 0 atom stereocenters. The Hall–Kier alpha value is -1.33. The van der Waals surface area contributed by atoms with Gasteiger partial charge >= 0.3 is 0 Å². The van der Waals surface area contributed by atoms with Crippen LogP contribution in [0.3, 0.4) is 0 Å². The predicted octanol–water partition coefficient (Wildman–Crippen LogP) is 1.76. The fourth-order valence-electron chi connectivity index (χ4n) is 1.20. The minimum atomic E-state index is -0.230. The maximum Gasteiger partial charge on any atom is 0.267 e. The van der Waals surface area contributed by atoms with Crippen LogP contribution in [0.4, 0.5) is 5.82 Å². The summed E-state index contributed by atoms with van der Waals surface area (Å²) >= 11 is 6.03. The van der Waals surface area contributed by atoms with Crippen molar-refractivity contribution in [3.63, 3.8) is 0 Å². The number of pyridine rings is 1. The first-order valence-corrected chi connectivity index (χ1v) is 5.80. The Bertz CT molecular complexity index is 395. The van der Waals surface area contributed by atoms with Crippen molar-refractivity contribution in [1.29, 1.82) is 0 Å². The predicted molar refractivity (Wildman–Crippen MR) is 69.2 cm³/mol. The van der Waals surface area contributed by atoms with Crippen LogP contribution in [0.1, 0.15) is 23.7 Å². The standard InChI is InChI=1S/C11H17ClN4O/c1-4-5-13-10-9(12)6-8(7-14-10)11(17)15-16(2)3/h6-7H,4-5H2,1-3H3,(H,13,14)(H,15,17). The van der Waals surface area contributed by atoms with Crippen molar-refractivity contribution in [2.24, 2.45) is 0 Å². The van der Waals surface area contributed by atoms with Crippen LogP contribution in [0.2, 0.25) is 5.02 Å². The van der Waals surface area contributed by atoms with Gasteiger partial charge in [-0.1, -0.05) is 18.5 Å². The van der Waals surface area contributed by atoms with E-state index >= 15 is 0 Å². The number of aromatic nitrogens is 1. The maximum atomic E-state index is 11.7. The molecule has 0 fully saturated rings. The minimum absolute atomic E-state index is 0.230. The molecule has 0 saturated carbocycles. The molecule has 94 valence electrons. The summed E-state index contributed by atoms with van der Waals surface area (Å²) in [6.45, 7) is 2.86. The monoisotopic (exact) mass is 256 g/mol. The van der Waals surface area contributed by atoms with Gasteiger partial charge in [-0.05, 0) is 12.5 Å². The van der Waals surface area contributed by atoms with E-state index in [-0.39, 0.29) is 5.91 Å². The lowest BCUT2D eigenvalue weighted by Crippen LogP contribution is -2.36. The Balaban J connectivity index is 2.77. The van der Waals surface area contributed by atoms with Crippen molar-refractivity contribution in [3.05, 3.63) is 22.8 Å². The lowest BCUT2D eigenvalue weighted by Gasteiger charge is -2.12. The van der Waals surface area contributed by atoms with Gasteiger partial charge in [0.15, 0.2) is 0 Å². The highest BCUT2D eigenvalue weighted by Gasteiger charge is 2.09. The summed E-state index contributed by atoms with van der Waals surface area (Å²) < 4.78 is 0. The van der Waals surface area contributed by atoms with E-state index in [0.717, 1.165) is 13.0 Å². The van der Waals surface area contributed by atoms with Gasteiger partial charge in [0, 0.05) is 26.8 Å². The molecule has 1 aromatic rings. The van der Waals surface area contributed by atoms with Gasteiger partial charge in [-0.3, -0.25) is 10.2 Å². The Morgan fingerprint density at radius 2 is 2.24 bits per heavy atom. The van der Waals surface area contributed by atoms with Gasteiger partial charge in [0.2, 0.25) is 0 Å². The molecular weight excluding hydrogens is 240 g/mol. The second kappa shape index (κ2) is 6.42. The van der Waals surface area contributed by atoms with Gasteiger partial charge in [-0.15, -0.1) is 0 Å².